The third kappa shape index (κ3) is 46.6. The van der Waals surface area contributed by atoms with Gasteiger partial charge in [-0.25, -0.2) is 0 Å². The first-order valence-corrected chi connectivity index (χ1v) is 28.2. The molecule has 3 unspecified atom stereocenters. The number of aliphatic hydroxyl groups excluding tert-OH is 2. The van der Waals surface area contributed by atoms with Gasteiger partial charge in [0, 0.05) is 6.42 Å². The van der Waals surface area contributed by atoms with Gasteiger partial charge < -0.3 is 20.3 Å². The Labute approximate surface area is 398 Å². The van der Waals surface area contributed by atoms with Crippen LogP contribution in [0.25, 0.3) is 0 Å². The minimum Gasteiger partial charge on any atom is -0.462 e. The standard InChI is InChI=1S/C58H109NO5/c1-4-7-10-13-16-19-22-25-27-29-31-33-36-39-42-45-48-51-58(63)64-54(49-46-43-40-37-34-24-21-18-15-12-9-6-3)52-57(62)59-55(53-60)56(61)50-47-44-41-38-35-32-30-28-26-23-20-17-14-11-8-5-2/h16,19,25,27,31,33,54-56,60-61H,4-15,17-18,20-24,26,28-30,32,34-53H2,1-3H3,(H,59,62)/b19-16-,27-25-,33-31-. The topological polar surface area (TPSA) is 95.9 Å². The van der Waals surface area contributed by atoms with E-state index in [0.717, 1.165) is 70.6 Å². The molecular weight excluding hydrogens is 791 g/mol. The van der Waals surface area contributed by atoms with Gasteiger partial charge >= 0.3 is 5.97 Å². The van der Waals surface area contributed by atoms with Gasteiger partial charge in [-0.15, -0.1) is 0 Å². The van der Waals surface area contributed by atoms with E-state index in [9.17, 15) is 19.8 Å². The smallest absolute Gasteiger partial charge is 0.306 e. The molecule has 0 heterocycles. The highest BCUT2D eigenvalue weighted by molar-refractivity contribution is 5.77. The average molecular weight is 901 g/mol. The quantitative estimate of drug-likeness (QED) is 0.0321. The maximum Gasteiger partial charge on any atom is 0.306 e. The molecule has 0 fully saturated rings. The second kappa shape index (κ2) is 52.1. The number of carbonyl (C=O) groups is 2. The molecule has 0 aromatic carbocycles. The lowest BCUT2D eigenvalue weighted by molar-refractivity contribution is -0.151. The van der Waals surface area contributed by atoms with Crippen LogP contribution in [-0.4, -0.2) is 46.9 Å². The van der Waals surface area contributed by atoms with Gasteiger partial charge in [-0.2, -0.15) is 0 Å². The fourth-order valence-electron chi connectivity index (χ4n) is 8.67. The number of esters is 1. The van der Waals surface area contributed by atoms with Gasteiger partial charge in [-0.1, -0.05) is 256 Å². The van der Waals surface area contributed by atoms with E-state index in [1.165, 1.54) is 180 Å². The van der Waals surface area contributed by atoms with E-state index in [-0.39, 0.29) is 24.9 Å². The normalized spacial score (nSPS) is 13.4. The minimum absolute atomic E-state index is 0.0727. The number of aliphatic hydroxyl groups is 2. The fourth-order valence-corrected chi connectivity index (χ4v) is 8.67. The Kier molecular flexibility index (Phi) is 50.5. The van der Waals surface area contributed by atoms with Gasteiger partial charge in [0.2, 0.25) is 5.91 Å². The third-order valence-electron chi connectivity index (χ3n) is 13.0. The van der Waals surface area contributed by atoms with E-state index in [1.807, 2.05) is 0 Å². The second-order valence-electron chi connectivity index (χ2n) is 19.3. The molecule has 0 aromatic heterocycles. The van der Waals surface area contributed by atoms with Gasteiger partial charge in [0.05, 0.1) is 25.2 Å². The monoisotopic (exact) mass is 900 g/mol. The number of hydrogen-bond donors (Lipinski definition) is 3. The van der Waals surface area contributed by atoms with Crippen molar-refractivity contribution in [3.8, 4) is 0 Å². The molecule has 376 valence electrons. The zero-order chi connectivity index (χ0) is 46.7. The molecule has 0 spiro atoms. The molecular formula is C58H109NO5. The SMILES string of the molecule is CCCCC/C=C\C/C=C\C/C=C\CCCCCCC(=O)OC(CCCCCCCCCCCCCC)CC(=O)NC(CO)C(O)CCCCCCCCCCCCCCCCCC. The van der Waals surface area contributed by atoms with Gasteiger partial charge in [0.15, 0.2) is 0 Å². The van der Waals surface area contributed by atoms with Crippen LogP contribution < -0.4 is 5.32 Å². The van der Waals surface area contributed by atoms with Gasteiger partial charge in [-0.3, -0.25) is 9.59 Å². The maximum absolute atomic E-state index is 13.2. The molecule has 0 radical (unpaired) electrons. The molecule has 0 aliphatic carbocycles. The van der Waals surface area contributed by atoms with Crippen LogP contribution in [0.4, 0.5) is 0 Å². The van der Waals surface area contributed by atoms with Crippen molar-refractivity contribution < 1.29 is 24.5 Å². The zero-order valence-corrected chi connectivity index (χ0v) is 42.9. The highest BCUT2D eigenvalue weighted by atomic mass is 16.5. The lowest BCUT2D eigenvalue weighted by Crippen LogP contribution is -2.46. The van der Waals surface area contributed by atoms with E-state index in [1.54, 1.807) is 0 Å². The minimum atomic E-state index is -0.789. The van der Waals surface area contributed by atoms with E-state index in [4.69, 9.17) is 4.74 Å². The van der Waals surface area contributed by atoms with Gasteiger partial charge in [0.25, 0.3) is 0 Å². The van der Waals surface area contributed by atoms with Crippen molar-refractivity contribution in [3.63, 3.8) is 0 Å². The van der Waals surface area contributed by atoms with Gasteiger partial charge in [-0.05, 0) is 64.2 Å². The van der Waals surface area contributed by atoms with Crippen molar-refractivity contribution in [2.24, 2.45) is 0 Å². The number of rotatable bonds is 51. The molecule has 0 saturated carbocycles. The molecule has 3 atom stereocenters. The molecule has 0 saturated heterocycles. The summed E-state index contributed by atoms with van der Waals surface area (Å²) in [5, 5.41) is 23.9. The Balaban J connectivity index is 4.52. The molecule has 1 amide bonds. The van der Waals surface area contributed by atoms with Crippen molar-refractivity contribution in [3.05, 3.63) is 36.5 Å². The number of nitrogens with one attached hydrogen (secondary N) is 1. The van der Waals surface area contributed by atoms with Crippen molar-refractivity contribution >= 4 is 11.9 Å². The largest absolute Gasteiger partial charge is 0.462 e. The Morgan fingerprint density at radius 1 is 0.453 bits per heavy atom. The lowest BCUT2D eigenvalue weighted by atomic mass is 10.0. The third-order valence-corrected chi connectivity index (χ3v) is 13.0. The highest BCUT2D eigenvalue weighted by Crippen LogP contribution is 2.18. The number of ether oxygens (including phenoxy) is 1. The van der Waals surface area contributed by atoms with Crippen LogP contribution in [0.5, 0.6) is 0 Å². The molecule has 6 heteroatoms. The molecule has 64 heavy (non-hydrogen) atoms. The van der Waals surface area contributed by atoms with Crippen molar-refractivity contribution in [2.45, 2.75) is 315 Å². The lowest BCUT2D eigenvalue weighted by Gasteiger charge is -2.24. The van der Waals surface area contributed by atoms with E-state index < -0.39 is 18.2 Å². The van der Waals surface area contributed by atoms with E-state index in [0.29, 0.717) is 19.3 Å². The molecule has 0 rings (SSSR count). The highest BCUT2D eigenvalue weighted by Gasteiger charge is 2.24. The van der Waals surface area contributed by atoms with Crippen LogP contribution in [-0.2, 0) is 14.3 Å². The summed E-state index contributed by atoms with van der Waals surface area (Å²) in [4.78, 5) is 26.2. The maximum atomic E-state index is 13.2. The average Bonchev–Trinajstić information content (AvgIpc) is 3.29. The van der Waals surface area contributed by atoms with Gasteiger partial charge in [0.1, 0.15) is 6.10 Å². The first-order valence-electron chi connectivity index (χ1n) is 28.2. The molecule has 0 aliphatic rings. The van der Waals surface area contributed by atoms with Crippen molar-refractivity contribution in [1.82, 2.24) is 5.32 Å². The molecule has 0 aromatic rings. The second-order valence-corrected chi connectivity index (χ2v) is 19.3. The first-order chi connectivity index (χ1) is 31.5. The van der Waals surface area contributed by atoms with Crippen molar-refractivity contribution in [1.29, 1.82) is 0 Å². The van der Waals surface area contributed by atoms with Crippen LogP contribution in [0, 0.1) is 0 Å². The van der Waals surface area contributed by atoms with Crippen molar-refractivity contribution in [2.75, 3.05) is 6.61 Å². The van der Waals surface area contributed by atoms with Crippen LogP contribution in [0.3, 0.4) is 0 Å². The summed E-state index contributed by atoms with van der Waals surface area (Å²) in [6.07, 6.45) is 62.0. The predicted octanol–water partition coefficient (Wildman–Crippen LogP) is 17.2. The summed E-state index contributed by atoms with van der Waals surface area (Å²) >= 11 is 0. The zero-order valence-electron chi connectivity index (χ0n) is 42.9. The van der Waals surface area contributed by atoms with E-state index in [2.05, 4.69) is 62.5 Å². The summed E-state index contributed by atoms with van der Waals surface area (Å²) in [5.74, 6) is -0.485. The molecule has 0 aliphatic heterocycles. The Hall–Kier alpha value is -1.92. The Bertz CT molecular complexity index is 1060. The number of allylic oxidation sites excluding steroid dienone is 6. The molecule has 6 nitrogen and oxygen atoms in total. The number of amides is 1. The number of carbonyl (C=O) groups excluding carboxylic acids is 2. The number of unbranched alkanes of at least 4 members (excludes halogenated alkanes) is 33. The summed E-state index contributed by atoms with van der Waals surface area (Å²) in [6, 6.07) is -0.703. The molecule has 0 bridgehead atoms. The van der Waals surface area contributed by atoms with Crippen LogP contribution in [0.15, 0.2) is 36.5 Å². The summed E-state index contributed by atoms with van der Waals surface area (Å²) in [5.41, 5.74) is 0. The Morgan fingerprint density at radius 2 is 0.797 bits per heavy atom. The summed E-state index contributed by atoms with van der Waals surface area (Å²) < 4.78 is 5.94. The fraction of sp³-hybridized carbons (Fsp3) is 0.862. The van der Waals surface area contributed by atoms with Crippen LogP contribution >= 0.6 is 0 Å². The first kappa shape index (κ1) is 62.1. The molecule has 3 N–H and O–H groups in total. The van der Waals surface area contributed by atoms with Crippen LogP contribution in [0.1, 0.15) is 297 Å². The summed E-state index contributed by atoms with van der Waals surface area (Å²) in [7, 11) is 0. The Morgan fingerprint density at radius 3 is 1.23 bits per heavy atom. The van der Waals surface area contributed by atoms with Crippen LogP contribution in [0.2, 0.25) is 0 Å². The van der Waals surface area contributed by atoms with E-state index >= 15 is 0 Å². The predicted molar refractivity (Wildman–Crippen MR) is 278 cm³/mol. The number of hydrogen-bond acceptors (Lipinski definition) is 5. The summed E-state index contributed by atoms with van der Waals surface area (Å²) in [6.45, 7) is 6.48.